The van der Waals surface area contributed by atoms with Gasteiger partial charge in [-0.2, -0.15) is 0 Å². The number of benzene rings is 2. The van der Waals surface area contributed by atoms with Crippen molar-refractivity contribution in [1.82, 2.24) is 9.88 Å². The van der Waals surface area contributed by atoms with Crippen LogP contribution in [0.25, 0.3) is 10.2 Å². The molecule has 1 saturated heterocycles. The minimum Gasteiger partial charge on any atom is -0.497 e. The van der Waals surface area contributed by atoms with Crippen LogP contribution in [0.4, 0.5) is 5.13 Å². The molecule has 0 saturated carbocycles. The number of amides is 1. The summed E-state index contributed by atoms with van der Waals surface area (Å²) >= 11 is 1.65. The number of nitrogens with zero attached hydrogens (tertiary/aromatic N) is 3. The molecule has 1 amide bonds. The molecule has 1 fully saturated rings. The summed E-state index contributed by atoms with van der Waals surface area (Å²) in [5.74, 6) is 2.13. The Labute approximate surface area is 172 Å². The highest BCUT2D eigenvalue weighted by Crippen LogP contribution is 2.33. The molecule has 0 spiro atoms. The maximum atomic E-state index is 12.9. The van der Waals surface area contributed by atoms with Gasteiger partial charge in [0.25, 0.3) is 5.91 Å². The molecule has 1 atom stereocenters. The number of carbonyl (C=O) groups is 1. The zero-order chi connectivity index (χ0) is 19.8. The highest BCUT2D eigenvalue weighted by atomic mass is 32.1. The van der Waals surface area contributed by atoms with Gasteiger partial charge in [-0.3, -0.25) is 4.79 Å². The molecule has 0 bridgehead atoms. The van der Waals surface area contributed by atoms with Crippen LogP contribution in [0.15, 0.2) is 42.5 Å². The molecule has 7 nitrogen and oxygen atoms in total. The second kappa shape index (κ2) is 7.44. The summed E-state index contributed by atoms with van der Waals surface area (Å²) in [6.07, 6.45) is -0.591. The number of hydrogen-bond acceptors (Lipinski definition) is 7. The molecule has 29 heavy (non-hydrogen) atoms. The van der Waals surface area contributed by atoms with Gasteiger partial charge in [-0.05, 0) is 30.3 Å². The summed E-state index contributed by atoms with van der Waals surface area (Å²) in [6.45, 7) is 3.01. The highest BCUT2D eigenvalue weighted by molar-refractivity contribution is 7.22. The van der Waals surface area contributed by atoms with E-state index in [4.69, 9.17) is 19.2 Å². The first-order valence-electron chi connectivity index (χ1n) is 9.58. The SMILES string of the molecule is COc1ccc2nc(N3CCN(C(=O)[C@@H]4COc5ccccc5O4)CC3)sc2c1. The van der Waals surface area contributed by atoms with E-state index in [0.717, 1.165) is 34.2 Å². The summed E-state index contributed by atoms with van der Waals surface area (Å²) in [7, 11) is 1.67. The third-order valence-corrected chi connectivity index (χ3v) is 6.31. The molecule has 150 valence electrons. The smallest absolute Gasteiger partial charge is 0.267 e. The fourth-order valence-electron chi connectivity index (χ4n) is 3.62. The monoisotopic (exact) mass is 411 g/mol. The molecule has 3 aromatic rings. The van der Waals surface area contributed by atoms with Crippen molar-refractivity contribution in [2.75, 3.05) is 44.8 Å². The lowest BCUT2D eigenvalue weighted by Gasteiger charge is -2.37. The number of anilines is 1. The number of ether oxygens (including phenoxy) is 3. The number of hydrogen-bond donors (Lipinski definition) is 0. The lowest BCUT2D eigenvalue weighted by molar-refractivity contribution is -0.141. The zero-order valence-electron chi connectivity index (χ0n) is 16.0. The molecule has 0 unspecified atom stereocenters. The number of piperazine rings is 1. The Morgan fingerprint density at radius 1 is 1.14 bits per heavy atom. The van der Waals surface area contributed by atoms with E-state index in [9.17, 15) is 4.79 Å². The Morgan fingerprint density at radius 3 is 2.72 bits per heavy atom. The van der Waals surface area contributed by atoms with Gasteiger partial charge in [0.1, 0.15) is 12.4 Å². The number of methoxy groups -OCH3 is 1. The van der Waals surface area contributed by atoms with Gasteiger partial charge >= 0.3 is 0 Å². The average Bonchev–Trinajstić information content (AvgIpc) is 3.21. The number of aromatic nitrogens is 1. The number of para-hydroxylation sites is 2. The second-order valence-corrected chi connectivity index (χ2v) is 8.02. The topological polar surface area (TPSA) is 64.1 Å². The van der Waals surface area contributed by atoms with E-state index in [1.165, 1.54) is 0 Å². The Kier molecular flexibility index (Phi) is 4.63. The van der Waals surface area contributed by atoms with E-state index in [2.05, 4.69) is 4.90 Å². The van der Waals surface area contributed by atoms with E-state index in [1.54, 1.807) is 18.4 Å². The van der Waals surface area contributed by atoms with Crippen molar-refractivity contribution in [1.29, 1.82) is 0 Å². The van der Waals surface area contributed by atoms with Crippen LogP contribution < -0.4 is 19.1 Å². The Hall–Kier alpha value is -3.00. The molecule has 2 aliphatic rings. The molecule has 0 radical (unpaired) electrons. The second-order valence-electron chi connectivity index (χ2n) is 7.01. The molecule has 3 heterocycles. The van der Waals surface area contributed by atoms with Crippen LogP contribution in [0.3, 0.4) is 0 Å². The average molecular weight is 411 g/mol. The molecular weight excluding hydrogens is 390 g/mol. The maximum absolute atomic E-state index is 12.9. The van der Waals surface area contributed by atoms with Crippen LogP contribution >= 0.6 is 11.3 Å². The molecule has 2 aromatic carbocycles. The number of rotatable bonds is 3. The Morgan fingerprint density at radius 2 is 1.93 bits per heavy atom. The predicted molar refractivity (Wildman–Crippen MR) is 111 cm³/mol. The van der Waals surface area contributed by atoms with Crippen LogP contribution in [0.1, 0.15) is 0 Å². The molecular formula is C21H21N3O4S. The third kappa shape index (κ3) is 3.44. The summed E-state index contributed by atoms with van der Waals surface area (Å²) in [5, 5.41) is 0.978. The van der Waals surface area contributed by atoms with E-state index in [0.29, 0.717) is 24.6 Å². The first-order chi connectivity index (χ1) is 14.2. The van der Waals surface area contributed by atoms with E-state index >= 15 is 0 Å². The molecule has 1 aromatic heterocycles. The number of thiazole rings is 1. The first kappa shape index (κ1) is 18.1. The fourth-order valence-corrected chi connectivity index (χ4v) is 4.66. The highest BCUT2D eigenvalue weighted by Gasteiger charge is 2.33. The van der Waals surface area contributed by atoms with E-state index < -0.39 is 6.10 Å². The van der Waals surface area contributed by atoms with Crippen LogP contribution in [0.5, 0.6) is 17.2 Å². The van der Waals surface area contributed by atoms with Gasteiger partial charge in [-0.1, -0.05) is 23.5 Å². The summed E-state index contributed by atoms with van der Waals surface area (Å²) < 4.78 is 18.0. The van der Waals surface area contributed by atoms with Crippen molar-refractivity contribution in [3.8, 4) is 17.2 Å². The van der Waals surface area contributed by atoms with Crippen molar-refractivity contribution >= 4 is 32.6 Å². The van der Waals surface area contributed by atoms with Crippen molar-refractivity contribution in [2.24, 2.45) is 0 Å². The molecule has 8 heteroatoms. The van der Waals surface area contributed by atoms with Crippen molar-refractivity contribution in [3.63, 3.8) is 0 Å². The third-order valence-electron chi connectivity index (χ3n) is 5.23. The lowest BCUT2D eigenvalue weighted by Crippen LogP contribution is -2.54. The van der Waals surface area contributed by atoms with Gasteiger partial charge in [0.15, 0.2) is 16.6 Å². The van der Waals surface area contributed by atoms with Gasteiger partial charge in [0.05, 0.1) is 17.3 Å². The largest absolute Gasteiger partial charge is 0.497 e. The van der Waals surface area contributed by atoms with Crippen LogP contribution in [0.2, 0.25) is 0 Å². The summed E-state index contributed by atoms with van der Waals surface area (Å²) in [6, 6.07) is 13.4. The molecule has 2 aliphatic heterocycles. The fraction of sp³-hybridized carbons (Fsp3) is 0.333. The van der Waals surface area contributed by atoms with Crippen molar-refractivity contribution in [2.45, 2.75) is 6.10 Å². The summed E-state index contributed by atoms with van der Waals surface area (Å²) in [5.41, 5.74) is 0.968. The Balaban J connectivity index is 1.23. The number of carbonyl (C=O) groups excluding carboxylic acids is 1. The zero-order valence-corrected chi connectivity index (χ0v) is 16.9. The molecule has 0 N–H and O–H groups in total. The van der Waals surface area contributed by atoms with Gasteiger partial charge in [0.2, 0.25) is 6.10 Å². The van der Waals surface area contributed by atoms with Crippen molar-refractivity contribution < 1.29 is 19.0 Å². The van der Waals surface area contributed by atoms with Crippen LogP contribution in [-0.4, -0.2) is 61.8 Å². The van der Waals surface area contributed by atoms with Crippen LogP contribution in [0, 0.1) is 0 Å². The minimum absolute atomic E-state index is 0.0202. The molecule has 5 rings (SSSR count). The number of fused-ring (bicyclic) bond motifs is 2. The molecule has 0 aliphatic carbocycles. The normalized spacial score (nSPS) is 18.7. The van der Waals surface area contributed by atoms with Gasteiger partial charge < -0.3 is 24.0 Å². The van der Waals surface area contributed by atoms with E-state index in [1.807, 2.05) is 47.4 Å². The lowest BCUT2D eigenvalue weighted by atomic mass is 10.2. The first-order valence-corrected chi connectivity index (χ1v) is 10.4. The van der Waals surface area contributed by atoms with Gasteiger partial charge in [0, 0.05) is 26.2 Å². The van der Waals surface area contributed by atoms with Gasteiger partial charge in [-0.25, -0.2) is 4.98 Å². The maximum Gasteiger partial charge on any atom is 0.267 e. The van der Waals surface area contributed by atoms with E-state index in [-0.39, 0.29) is 12.5 Å². The Bertz CT molecular complexity index is 1050. The predicted octanol–water partition coefficient (Wildman–Crippen LogP) is 2.79. The standard InChI is InChI=1S/C21H21N3O4S/c1-26-14-6-7-15-19(12-14)29-21(22-15)24-10-8-23(9-11-24)20(25)18-13-27-16-4-2-3-5-17(16)28-18/h2-7,12,18H,8-11,13H2,1H3/t18-/m0/s1. The summed E-state index contributed by atoms with van der Waals surface area (Å²) in [4.78, 5) is 21.7. The van der Waals surface area contributed by atoms with Crippen molar-refractivity contribution in [3.05, 3.63) is 42.5 Å². The quantitative estimate of drug-likeness (QED) is 0.660. The van der Waals surface area contributed by atoms with Crippen LogP contribution in [-0.2, 0) is 4.79 Å². The van der Waals surface area contributed by atoms with Gasteiger partial charge in [-0.15, -0.1) is 0 Å². The minimum atomic E-state index is -0.591.